The summed E-state index contributed by atoms with van der Waals surface area (Å²) in [6, 6.07) is 9.89. The molecule has 0 aliphatic rings. The summed E-state index contributed by atoms with van der Waals surface area (Å²) < 4.78 is 0.933. The molecule has 5 heteroatoms. The molecule has 2 rings (SSSR count). The molecule has 0 unspecified atom stereocenters. The van der Waals surface area contributed by atoms with Crippen molar-refractivity contribution in [1.29, 1.82) is 0 Å². The van der Waals surface area contributed by atoms with Crippen LogP contribution in [0.4, 0.5) is 11.4 Å². The van der Waals surface area contributed by atoms with Gasteiger partial charge in [-0.25, -0.2) is 0 Å². The molecule has 0 amide bonds. The minimum atomic E-state index is 0.522. The van der Waals surface area contributed by atoms with E-state index >= 15 is 0 Å². The van der Waals surface area contributed by atoms with Crippen LogP contribution in [-0.2, 0) is 0 Å². The van der Waals surface area contributed by atoms with Gasteiger partial charge in [0.25, 0.3) is 0 Å². The third-order valence-electron chi connectivity index (χ3n) is 3.09. The Kier molecular flexibility index (Phi) is 5.25. The SMILES string of the molecule is Cc1cc(C)c(NC(=S)Nc2ccc(Br)cc2Cl)c(C)c1. The van der Waals surface area contributed by atoms with Crippen molar-refractivity contribution in [2.24, 2.45) is 0 Å². The maximum atomic E-state index is 6.18. The number of rotatable bonds is 2. The van der Waals surface area contributed by atoms with Crippen LogP contribution >= 0.6 is 39.7 Å². The highest BCUT2D eigenvalue weighted by Gasteiger charge is 2.07. The Morgan fingerprint density at radius 3 is 2.24 bits per heavy atom. The van der Waals surface area contributed by atoms with Crippen molar-refractivity contribution in [3.05, 3.63) is 56.5 Å². The minimum absolute atomic E-state index is 0.522. The van der Waals surface area contributed by atoms with Crippen LogP contribution in [0.3, 0.4) is 0 Å². The summed E-state index contributed by atoms with van der Waals surface area (Å²) in [5.74, 6) is 0. The molecule has 0 spiro atoms. The summed E-state index contributed by atoms with van der Waals surface area (Å²) in [7, 11) is 0. The Bertz CT molecular complexity index is 678. The lowest BCUT2D eigenvalue weighted by Crippen LogP contribution is -2.20. The highest BCUT2D eigenvalue weighted by molar-refractivity contribution is 9.10. The van der Waals surface area contributed by atoms with Crippen molar-refractivity contribution >= 4 is 56.2 Å². The van der Waals surface area contributed by atoms with Crippen LogP contribution in [-0.4, -0.2) is 5.11 Å². The first-order valence-corrected chi connectivity index (χ1v) is 8.05. The number of nitrogens with one attached hydrogen (secondary N) is 2. The van der Waals surface area contributed by atoms with Crippen LogP contribution < -0.4 is 10.6 Å². The van der Waals surface area contributed by atoms with E-state index < -0.39 is 0 Å². The fraction of sp³-hybridized carbons (Fsp3) is 0.188. The summed E-state index contributed by atoms with van der Waals surface area (Å²) in [6.07, 6.45) is 0. The molecule has 2 nitrogen and oxygen atoms in total. The average molecular weight is 384 g/mol. The van der Waals surface area contributed by atoms with Gasteiger partial charge in [-0.3, -0.25) is 0 Å². The number of anilines is 2. The molecule has 2 aromatic carbocycles. The second kappa shape index (κ2) is 6.77. The maximum absolute atomic E-state index is 6.18. The van der Waals surface area contributed by atoms with Gasteiger partial charge < -0.3 is 10.6 Å². The zero-order chi connectivity index (χ0) is 15.6. The largest absolute Gasteiger partial charge is 0.332 e. The second-order valence-electron chi connectivity index (χ2n) is 4.98. The number of hydrogen-bond donors (Lipinski definition) is 2. The molecule has 0 atom stereocenters. The van der Waals surface area contributed by atoms with E-state index in [0.717, 1.165) is 15.8 Å². The highest BCUT2D eigenvalue weighted by atomic mass is 79.9. The van der Waals surface area contributed by atoms with Gasteiger partial charge in [0.2, 0.25) is 0 Å². The second-order valence-corrected chi connectivity index (χ2v) is 6.71. The van der Waals surface area contributed by atoms with Crippen molar-refractivity contribution in [1.82, 2.24) is 0 Å². The van der Waals surface area contributed by atoms with Crippen LogP contribution in [0, 0.1) is 20.8 Å². The zero-order valence-corrected chi connectivity index (χ0v) is 15.2. The fourth-order valence-corrected chi connectivity index (χ4v) is 3.17. The average Bonchev–Trinajstić information content (AvgIpc) is 2.37. The normalized spacial score (nSPS) is 10.3. The van der Waals surface area contributed by atoms with E-state index in [9.17, 15) is 0 Å². The predicted molar refractivity (Wildman–Crippen MR) is 99.6 cm³/mol. The van der Waals surface area contributed by atoms with Gasteiger partial charge in [0.05, 0.1) is 10.7 Å². The molecule has 0 saturated carbocycles. The van der Waals surface area contributed by atoms with Crippen molar-refractivity contribution in [2.45, 2.75) is 20.8 Å². The van der Waals surface area contributed by atoms with E-state index in [1.807, 2.05) is 18.2 Å². The molecule has 0 saturated heterocycles. The van der Waals surface area contributed by atoms with E-state index in [4.69, 9.17) is 23.8 Å². The first-order chi connectivity index (χ1) is 9.86. The van der Waals surface area contributed by atoms with Gasteiger partial charge in [0.15, 0.2) is 5.11 Å². The maximum Gasteiger partial charge on any atom is 0.175 e. The minimum Gasteiger partial charge on any atom is -0.332 e. The Labute approximate surface area is 144 Å². The van der Waals surface area contributed by atoms with E-state index in [2.05, 4.69) is 59.5 Å². The molecule has 110 valence electrons. The summed E-state index contributed by atoms with van der Waals surface area (Å²) in [6.45, 7) is 6.22. The van der Waals surface area contributed by atoms with Crippen molar-refractivity contribution < 1.29 is 0 Å². The Hall–Kier alpha value is -1.10. The van der Waals surface area contributed by atoms with Crippen LogP contribution in [0.15, 0.2) is 34.8 Å². The van der Waals surface area contributed by atoms with E-state index in [-0.39, 0.29) is 0 Å². The lowest BCUT2D eigenvalue weighted by atomic mass is 10.1. The van der Waals surface area contributed by atoms with E-state index in [1.165, 1.54) is 16.7 Å². The molecule has 2 aromatic rings. The highest BCUT2D eigenvalue weighted by Crippen LogP contribution is 2.26. The third kappa shape index (κ3) is 4.19. The molecule has 0 fully saturated rings. The van der Waals surface area contributed by atoms with Crippen LogP contribution in [0.5, 0.6) is 0 Å². The third-order valence-corrected chi connectivity index (χ3v) is 4.10. The van der Waals surface area contributed by atoms with E-state index in [0.29, 0.717) is 10.1 Å². The first-order valence-electron chi connectivity index (χ1n) is 6.47. The van der Waals surface area contributed by atoms with Crippen LogP contribution in [0.25, 0.3) is 0 Å². The van der Waals surface area contributed by atoms with Crippen molar-refractivity contribution in [2.75, 3.05) is 10.6 Å². The summed E-state index contributed by atoms with van der Waals surface area (Å²) in [5, 5.41) is 7.51. The molecule has 0 aliphatic carbocycles. The van der Waals surface area contributed by atoms with Gasteiger partial charge in [-0.1, -0.05) is 45.2 Å². The molecule has 0 radical (unpaired) electrons. The van der Waals surface area contributed by atoms with Gasteiger partial charge >= 0.3 is 0 Å². The number of benzene rings is 2. The number of halogens is 2. The Morgan fingerprint density at radius 2 is 1.67 bits per heavy atom. The van der Waals surface area contributed by atoms with Gasteiger partial charge in [-0.05, 0) is 62.3 Å². The molecule has 0 bridgehead atoms. The number of thiocarbonyl (C=S) groups is 1. The number of aryl methyl sites for hydroxylation is 3. The van der Waals surface area contributed by atoms with Gasteiger partial charge in [-0.2, -0.15) is 0 Å². The molecular formula is C16H16BrClN2S. The Balaban J connectivity index is 2.16. The van der Waals surface area contributed by atoms with Crippen molar-refractivity contribution in [3.8, 4) is 0 Å². The summed E-state index contributed by atoms with van der Waals surface area (Å²) in [4.78, 5) is 0. The van der Waals surface area contributed by atoms with Gasteiger partial charge in [-0.15, -0.1) is 0 Å². The smallest absolute Gasteiger partial charge is 0.175 e. The van der Waals surface area contributed by atoms with Gasteiger partial charge in [0.1, 0.15) is 0 Å². The van der Waals surface area contributed by atoms with Crippen molar-refractivity contribution in [3.63, 3.8) is 0 Å². The molecular weight excluding hydrogens is 368 g/mol. The summed E-state index contributed by atoms with van der Waals surface area (Å²) in [5.41, 5.74) is 5.38. The quantitative estimate of drug-likeness (QED) is 0.637. The summed E-state index contributed by atoms with van der Waals surface area (Å²) >= 11 is 14.9. The van der Waals surface area contributed by atoms with Crippen LogP contribution in [0.1, 0.15) is 16.7 Å². The molecule has 0 aliphatic heterocycles. The van der Waals surface area contributed by atoms with E-state index in [1.54, 1.807) is 0 Å². The predicted octanol–water partition coefficient (Wildman–Crippen LogP) is 5.84. The van der Waals surface area contributed by atoms with Crippen LogP contribution in [0.2, 0.25) is 5.02 Å². The lowest BCUT2D eigenvalue weighted by molar-refractivity contribution is 1.32. The molecule has 0 aromatic heterocycles. The monoisotopic (exact) mass is 382 g/mol. The zero-order valence-electron chi connectivity index (χ0n) is 12.1. The fourth-order valence-electron chi connectivity index (χ4n) is 2.24. The standard InChI is InChI=1S/C16H16BrClN2S/c1-9-6-10(2)15(11(3)7-9)20-16(21)19-14-5-4-12(17)8-13(14)18/h4-8H,1-3H3,(H2,19,20,21). The first kappa shape index (κ1) is 16.3. The molecule has 0 heterocycles. The topological polar surface area (TPSA) is 24.1 Å². The Morgan fingerprint density at radius 1 is 1.05 bits per heavy atom. The molecule has 21 heavy (non-hydrogen) atoms. The lowest BCUT2D eigenvalue weighted by Gasteiger charge is -2.16. The van der Waals surface area contributed by atoms with Gasteiger partial charge in [0, 0.05) is 10.2 Å². The molecule has 2 N–H and O–H groups in total. The number of hydrogen-bond acceptors (Lipinski definition) is 1.